The highest BCUT2D eigenvalue weighted by atomic mass is 35.5. The molecule has 1 fully saturated rings. The van der Waals surface area contributed by atoms with Crippen molar-refractivity contribution in [1.82, 2.24) is 19.9 Å². The van der Waals surface area contributed by atoms with E-state index in [-0.39, 0.29) is 18.0 Å². The van der Waals surface area contributed by atoms with Crippen LogP contribution in [-0.4, -0.2) is 66.5 Å². The Morgan fingerprint density at radius 3 is 2.76 bits per heavy atom. The second kappa shape index (κ2) is 10.6. The van der Waals surface area contributed by atoms with E-state index in [0.717, 1.165) is 16.9 Å². The summed E-state index contributed by atoms with van der Waals surface area (Å²) in [6.07, 6.45) is 3.61. The number of carbonyl (C=O) groups excluding carboxylic acids is 1. The van der Waals surface area contributed by atoms with Gasteiger partial charge in [0.05, 0.1) is 43.0 Å². The molecule has 0 spiro atoms. The Kier molecular flexibility index (Phi) is 7.23. The van der Waals surface area contributed by atoms with Gasteiger partial charge in [-0.2, -0.15) is 4.98 Å². The number of benzene rings is 1. The van der Waals surface area contributed by atoms with Crippen molar-refractivity contribution in [2.24, 2.45) is 4.99 Å². The van der Waals surface area contributed by atoms with Gasteiger partial charge in [-0.1, -0.05) is 29.8 Å². The summed E-state index contributed by atoms with van der Waals surface area (Å²) in [6, 6.07) is 3.10. The Bertz CT molecular complexity index is 1380. The quantitative estimate of drug-likeness (QED) is 0.458. The van der Waals surface area contributed by atoms with Crippen molar-refractivity contribution in [3.05, 3.63) is 46.6 Å². The maximum atomic E-state index is 11.9. The Balaban J connectivity index is 1.63. The monoisotopic (exact) mass is 544 g/mol. The van der Waals surface area contributed by atoms with Crippen LogP contribution in [0, 0.1) is 0 Å². The van der Waals surface area contributed by atoms with Crippen LogP contribution in [0.4, 0.5) is 5.82 Å². The molecule has 12 heteroatoms. The molecule has 0 radical (unpaired) electrons. The zero-order valence-corrected chi connectivity index (χ0v) is 21.9. The van der Waals surface area contributed by atoms with Crippen LogP contribution in [0.25, 0.3) is 22.5 Å². The summed E-state index contributed by atoms with van der Waals surface area (Å²) in [6.45, 7) is 5.81. The van der Waals surface area contributed by atoms with E-state index in [0.29, 0.717) is 71.3 Å². The van der Waals surface area contributed by atoms with Gasteiger partial charge >= 0.3 is 0 Å². The summed E-state index contributed by atoms with van der Waals surface area (Å²) in [5, 5.41) is 7.10. The molecule has 4 aliphatic heterocycles. The number of rotatable bonds is 6. The van der Waals surface area contributed by atoms with Gasteiger partial charge in [-0.15, -0.1) is 0 Å². The molecule has 0 aliphatic carbocycles. The first-order valence-corrected chi connectivity index (χ1v) is 12.5. The number of nitrogens with one attached hydrogen (secondary N) is 2. The number of amides is 1. The van der Waals surface area contributed by atoms with Crippen molar-refractivity contribution in [3.63, 3.8) is 0 Å². The zero-order chi connectivity index (χ0) is 26.1. The molecule has 1 saturated heterocycles. The van der Waals surface area contributed by atoms with Gasteiger partial charge in [0.2, 0.25) is 11.5 Å². The SMILES string of the molecule is C=CC(=O)N[C@H]1CCOC[C@H]1N=c1ncc2cc(-c3c(Cl)c(OC)cc(OC)c3Cl)c3n(c-2n1)CCN3. The highest BCUT2D eigenvalue weighted by molar-refractivity contribution is 6.41. The lowest BCUT2D eigenvalue weighted by molar-refractivity contribution is -0.117. The van der Waals surface area contributed by atoms with Crippen molar-refractivity contribution in [3.8, 4) is 34.0 Å². The first kappa shape index (κ1) is 25.3. The Morgan fingerprint density at radius 2 is 2.05 bits per heavy atom. The predicted molar refractivity (Wildman–Crippen MR) is 141 cm³/mol. The Hall–Kier alpha value is -3.34. The van der Waals surface area contributed by atoms with Crippen LogP contribution in [-0.2, 0) is 16.1 Å². The zero-order valence-electron chi connectivity index (χ0n) is 20.4. The minimum atomic E-state index is -0.313. The number of hydrogen-bond donors (Lipinski definition) is 2. The van der Waals surface area contributed by atoms with Crippen molar-refractivity contribution in [2.45, 2.75) is 25.0 Å². The maximum Gasteiger partial charge on any atom is 0.247 e. The summed E-state index contributed by atoms with van der Waals surface area (Å²) in [4.78, 5) is 25.8. The summed E-state index contributed by atoms with van der Waals surface area (Å²) in [7, 11) is 3.08. The van der Waals surface area contributed by atoms with Crippen molar-refractivity contribution >= 4 is 34.9 Å². The molecule has 194 valence electrons. The van der Waals surface area contributed by atoms with E-state index >= 15 is 0 Å². The fourth-order valence-corrected chi connectivity index (χ4v) is 5.35. The van der Waals surface area contributed by atoms with Crippen LogP contribution in [0.3, 0.4) is 0 Å². The minimum absolute atomic E-state index is 0.187. The molecule has 1 aromatic carbocycles. The average Bonchev–Trinajstić information content (AvgIpc) is 3.41. The molecule has 10 nitrogen and oxygen atoms in total. The third-order valence-corrected chi connectivity index (χ3v) is 7.21. The van der Waals surface area contributed by atoms with Gasteiger partial charge < -0.3 is 29.4 Å². The minimum Gasteiger partial charge on any atom is -0.495 e. The van der Waals surface area contributed by atoms with Gasteiger partial charge in [-0.3, -0.25) is 4.79 Å². The molecule has 1 aromatic rings. The van der Waals surface area contributed by atoms with Crippen LogP contribution in [0.15, 0.2) is 36.0 Å². The number of pyridine rings is 1. The number of aromatic nitrogens is 3. The third kappa shape index (κ3) is 4.72. The van der Waals surface area contributed by atoms with Gasteiger partial charge in [-0.05, 0) is 18.6 Å². The van der Waals surface area contributed by atoms with Crippen molar-refractivity contribution in [1.29, 1.82) is 0 Å². The normalized spacial score (nSPS) is 19.3. The lowest BCUT2D eigenvalue weighted by Gasteiger charge is -2.28. The number of nitrogens with zero attached hydrogens (tertiary/aromatic N) is 4. The smallest absolute Gasteiger partial charge is 0.247 e. The number of anilines is 1. The molecule has 0 unspecified atom stereocenters. The van der Waals surface area contributed by atoms with Gasteiger partial charge in [0.15, 0.2) is 0 Å². The third-order valence-electron chi connectivity index (χ3n) is 6.46. The van der Waals surface area contributed by atoms with E-state index in [1.54, 1.807) is 26.5 Å². The molecule has 37 heavy (non-hydrogen) atoms. The lowest BCUT2D eigenvalue weighted by Crippen LogP contribution is -2.48. The second-order valence-electron chi connectivity index (χ2n) is 8.60. The number of fused-ring (bicyclic) bond motifs is 3. The van der Waals surface area contributed by atoms with E-state index in [1.807, 2.05) is 6.07 Å². The fraction of sp³-hybridized carbons (Fsp3) is 0.360. The number of methoxy groups -OCH3 is 2. The average molecular weight is 545 g/mol. The van der Waals surface area contributed by atoms with E-state index in [4.69, 9.17) is 47.4 Å². The molecule has 1 amide bonds. The van der Waals surface area contributed by atoms with Crippen LogP contribution < -0.4 is 25.7 Å². The topological polar surface area (TPSA) is 112 Å². The van der Waals surface area contributed by atoms with E-state index in [9.17, 15) is 4.79 Å². The van der Waals surface area contributed by atoms with Crippen LogP contribution in [0.1, 0.15) is 6.42 Å². The van der Waals surface area contributed by atoms with Gasteiger partial charge in [-0.25, -0.2) is 9.98 Å². The van der Waals surface area contributed by atoms with Gasteiger partial charge in [0, 0.05) is 48.6 Å². The lowest BCUT2D eigenvalue weighted by atomic mass is 10.0. The molecular weight excluding hydrogens is 519 g/mol. The first-order valence-electron chi connectivity index (χ1n) is 11.7. The highest BCUT2D eigenvalue weighted by Gasteiger charge is 2.29. The standard InChI is InChI=1S/C25H26Cl2N6O4/c1-4-19(34)30-15-5-8-37-12-16(15)31-25-29-11-13-9-14(24-28-6-7-33(24)23(13)32-25)20-21(26)17(35-2)10-18(36-3)22(20)27/h4,9-11,15-16,28H,1,5-8,12H2,2-3H3,(H,30,34)/t15-,16+/m0/s1. The molecular formula is C25H26Cl2N6O4. The summed E-state index contributed by atoms with van der Waals surface area (Å²) >= 11 is 13.5. The Morgan fingerprint density at radius 1 is 1.30 bits per heavy atom. The Labute approximate surface area is 223 Å². The summed E-state index contributed by atoms with van der Waals surface area (Å²) in [5.74, 6) is 2.18. The molecule has 0 bridgehead atoms. The summed E-state index contributed by atoms with van der Waals surface area (Å²) in [5.41, 5.74) is 2.47. The van der Waals surface area contributed by atoms with Crippen molar-refractivity contribution < 1.29 is 19.0 Å². The highest BCUT2D eigenvalue weighted by Crippen LogP contribution is 2.49. The van der Waals surface area contributed by atoms with Gasteiger partial charge in [0.1, 0.15) is 23.1 Å². The first-order chi connectivity index (χ1) is 17.9. The largest absolute Gasteiger partial charge is 0.495 e. The molecule has 5 rings (SSSR count). The molecule has 2 atom stereocenters. The predicted octanol–water partition coefficient (Wildman–Crippen LogP) is 3.16. The van der Waals surface area contributed by atoms with E-state index in [2.05, 4.69) is 26.8 Å². The fourth-order valence-electron chi connectivity index (χ4n) is 4.64. The van der Waals surface area contributed by atoms with Crippen LogP contribution in [0.5, 0.6) is 11.5 Å². The molecule has 4 heterocycles. The molecule has 2 N–H and O–H groups in total. The molecule has 4 aliphatic rings. The number of halogens is 2. The molecule has 0 aromatic heterocycles. The van der Waals surface area contributed by atoms with Gasteiger partial charge in [0.25, 0.3) is 0 Å². The van der Waals surface area contributed by atoms with Crippen LogP contribution in [0.2, 0.25) is 10.0 Å². The van der Waals surface area contributed by atoms with E-state index < -0.39 is 0 Å². The number of ether oxygens (including phenoxy) is 3. The number of hydrogen-bond acceptors (Lipinski definition) is 8. The van der Waals surface area contributed by atoms with Crippen molar-refractivity contribution in [2.75, 3.05) is 39.3 Å². The summed E-state index contributed by atoms with van der Waals surface area (Å²) < 4.78 is 18.6. The molecule has 0 saturated carbocycles. The number of carbonyl (C=O) groups is 1. The van der Waals surface area contributed by atoms with E-state index in [1.165, 1.54) is 6.08 Å². The van der Waals surface area contributed by atoms with Crippen LogP contribution >= 0.6 is 23.2 Å². The second-order valence-corrected chi connectivity index (χ2v) is 9.35. The maximum absolute atomic E-state index is 11.9.